The van der Waals surface area contributed by atoms with Gasteiger partial charge >= 0.3 is 23.9 Å². The number of esters is 2. The second-order valence-electron chi connectivity index (χ2n) is 11.0. The molecule has 16 nitrogen and oxygen atoms in total. The number of aliphatic carboxylic acids is 2. The number of rotatable bonds is 12. The minimum atomic E-state index is -1.69. The van der Waals surface area contributed by atoms with Gasteiger partial charge in [0.1, 0.15) is 29.4 Å². The summed E-state index contributed by atoms with van der Waals surface area (Å²) in [7, 11) is 1.34. The summed E-state index contributed by atoms with van der Waals surface area (Å²) in [4.78, 5) is 60.3. The summed E-state index contributed by atoms with van der Waals surface area (Å²) in [5.74, 6) is -6.18. The number of Topliss-reactive ketones (excluding diaryl/α,β-unsaturated/α-hetero) is 1. The largest absolute Gasteiger partial charge is 0.508 e. The summed E-state index contributed by atoms with van der Waals surface area (Å²) >= 11 is 0. The molecule has 258 valence electrons. The molecule has 0 saturated heterocycles. The van der Waals surface area contributed by atoms with E-state index in [-0.39, 0.29) is 52.9 Å². The molecule has 3 aromatic carbocycles. The van der Waals surface area contributed by atoms with Gasteiger partial charge in [-0.25, -0.2) is 0 Å². The van der Waals surface area contributed by atoms with E-state index < -0.39 is 84.8 Å². The monoisotopic (exact) mass is 682 g/mol. The van der Waals surface area contributed by atoms with Crippen LogP contribution in [0.3, 0.4) is 0 Å². The minimum absolute atomic E-state index is 0.0968. The lowest BCUT2D eigenvalue weighted by molar-refractivity contribution is -0.154. The molecule has 0 fully saturated rings. The maximum Gasteiger partial charge on any atom is 0.307 e. The highest BCUT2D eigenvalue weighted by atomic mass is 16.6. The fourth-order valence-electron chi connectivity index (χ4n) is 5.23. The first kappa shape index (κ1) is 34.2. The normalized spacial score (nSPS) is 19.2. The number of hydrogen-bond acceptors (Lipinski definition) is 14. The van der Waals surface area contributed by atoms with Gasteiger partial charge in [-0.2, -0.15) is 0 Å². The predicted molar refractivity (Wildman–Crippen MR) is 161 cm³/mol. The molecule has 3 aromatic rings. The maximum atomic E-state index is 13.6. The van der Waals surface area contributed by atoms with E-state index >= 15 is 0 Å². The topological polar surface area (TPSA) is 242 Å². The van der Waals surface area contributed by atoms with Gasteiger partial charge < -0.3 is 54.0 Å². The van der Waals surface area contributed by atoms with E-state index in [4.69, 9.17) is 38.6 Å². The van der Waals surface area contributed by atoms with E-state index in [0.717, 1.165) is 12.1 Å². The Morgan fingerprint density at radius 2 is 1.37 bits per heavy atom. The summed E-state index contributed by atoms with van der Waals surface area (Å²) in [6.07, 6.45) is -6.97. The van der Waals surface area contributed by atoms with Crippen molar-refractivity contribution >= 4 is 29.7 Å². The number of methoxy groups -OCH3 is 1. The van der Waals surface area contributed by atoms with E-state index in [0.29, 0.717) is 5.56 Å². The Morgan fingerprint density at radius 1 is 0.714 bits per heavy atom. The van der Waals surface area contributed by atoms with Crippen LogP contribution >= 0.6 is 0 Å². The van der Waals surface area contributed by atoms with Crippen LogP contribution in [0.5, 0.6) is 40.2 Å². The van der Waals surface area contributed by atoms with E-state index in [1.54, 1.807) is 0 Å². The molecule has 16 heteroatoms. The molecule has 0 radical (unpaired) electrons. The molecule has 0 bridgehead atoms. The smallest absolute Gasteiger partial charge is 0.307 e. The number of carboxylic acids is 2. The zero-order chi connectivity index (χ0) is 35.4. The van der Waals surface area contributed by atoms with E-state index in [1.165, 1.54) is 43.5 Å². The number of fused-ring (bicyclic) bond motifs is 2. The van der Waals surface area contributed by atoms with Crippen molar-refractivity contribution in [2.45, 2.75) is 50.1 Å². The number of phenols is 3. The van der Waals surface area contributed by atoms with Crippen molar-refractivity contribution in [3.05, 3.63) is 65.2 Å². The van der Waals surface area contributed by atoms with Gasteiger partial charge in [-0.1, -0.05) is 12.1 Å². The molecule has 0 aromatic heterocycles. The van der Waals surface area contributed by atoms with Crippen molar-refractivity contribution in [1.82, 2.24) is 0 Å². The van der Waals surface area contributed by atoms with Crippen LogP contribution in [0, 0.1) is 0 Å². The zero-order valence-electron chi connectivity index (χ0n) is 25.7. The predicted octanol–water partition coefficient (Wildman–Crippen LogP) is 3.19. The summed E-state index contributed by atoms with van der Waals surface area (Å²) < 4.78 is 34.3. The summed E-state index contributed by atoms with van der Waals surface area (Å²) in [6.45, 7) is -0.355. The van der Waals surface area contributed by atoms with Gasteiger partial charge in [-0.15, -0.1) is 0 Å². The van der Waals surface area contributed by atoms with Gasteiger partial charge in [0.15, 0.2) is 41.3 Å². The first-order valence-electron chi connectivity index (χ1n) is 14.7. The van der Waals surface area contributed by atoms with Crippen LogP contribution in [-0.4, -0.2) is 81.1 Å². The van der Waals surface area contributed by atoms with E-state index in [2.05, 4.69) is 0 Å². The SMILES string of the molecule is COc1cc([C@@H]2Oc3cc([C@@H]4Oc5cc(O)cc(O)c5C(=O)[C@@H]4OC(=O)CCC(=O)O)ccc3O[C@H]2COC(=O)CCC(=O)O)ccc1O. The molecule has 0 amide bonds. The fraction of sp³-hybridized carbons (Fsp3) is 0.303. The Balaban J connectivity index is 1.49. The second kappa shape index (κ2) is 14.3. The van der Waals surface area contributed by atoms with Crippen LogP contribution in [0.15, 0.2) is 48.5 Å². The number of carbonyl (C=O) groups excluding carboxylic acids is 3. The summed E-state index contributed by atoms with van der Waals surface area (Å²) in [5, 5.41) is 48.4. The Labute approximate surface area is 276 Å². The lowest BCUT2D eigenvalue weighted by Crippen LogP contribution is -2.40. The van der Waals surface area contributed by atoms with Gasteiger partial charge in [-0.3, -0.25) is 24.0 Å². The fourth-order valence-corrected chi connectivity index (χ4v) is 5.23. The van der Waals surface area contributed by atoms with Crippen LogP contribution in [0.4, 0.5) is 0 Å². The zero-order valence-corrected chi connectivity index (χ0v) is 25.7. The number of carboxylic acid groups (broad SMARTS) is 2. The number of phenolic OH excluding ortho intramolecular Hbond substituents is 3. The van der Waals surface area contributed by atoms with Crippen molar-refractivity contribution in [1.29, 1.82) is 0 Å². The molecule has 5 rings (SSSR count). The highest BCUT2D eigenvalue weighted by molar-refractivity contribution is 6.06. The summed E-state index contributed by atoms with van der Waals surface area (Å²) in [6, 6.07) is 10.7. The lowest BCUT2D eigenvalue weighted by Gasteiger charge is -2.36. The number of hydrogen-bond donors (Lipinski definition) is 5. The van der Waals surface area contributed by atoms with Crippen molar-refractivity contribution in [2.24, 2.45) is 0 Å². The van der Waals surface area contributed by atoms with Gasteiger partial charge in [-0.05, 0) is 24.3 Å². The van der Waals surface area contributed by atoms with Gasteiger partial charge in [0.25, 0.3) is 0 Å². The van der Waals surface area contributed by atoms with E-state index in [1.807, 2.05) is 0 Å². The molecule has 49 heavy (non-hydrogen) atoms. The van der Waals surface area contributed by atoms with Crippen molar-refractivity contribution in [2.75, 3.05) is 13.7 Å². The van der Waals surface area contributed by atoms with Gasteiger partial charge in [0.2, 0.25) is 11.9 Å². The van der Waals surface area contributed by atoms with Crippen LogP contribution in [0.1, 0.15) is 59.4 Å². The molecule has 2 heterocycles. The Kier molecular flexibility index (Phi) is 9.96. The third-order valence-electron chi connectivity index (χ3n) is 7.55. The molecular weight excluding hydrogens is 652 g/mol. The second-order valence-corrected chi connectivity index (χ2v) is 11.0. The van der Waals surface area contributed by atoms with Crippen LogP contribution in [-0.2, 0) is 28.7 Å². The number of benzene rings is 3. The van der Waals surface area contributed by atoms with Crippen molar-refractivity contribution in [3.8, 4) is 40.2 Å². The minimum Gasteiger partial charge on any atom is -0.508 e. The molecule has 4 atom stereocenters. The van der Waals surface area contributed by atoms with Crippen molar-refractivity contribution in [3.63, 3.8) is 0 Å². The number of aromatic hydroxyl groups is 3. The van der Waals surface area contributed by atoms with Crippen LogP contribution < -0.4 is 18.9 Å². The molecule has 2 aliphatic rings. The molecule has 2 aliphatic heterocycles. The standard InChI is InChI=1S/C33H30O16/c1-44-21-10-15(2-4-18(21)35)31-24(14-45-27(41)8-6-25(37)38)46-20-5-3-16(11-22(20)47-31)32-33(49-28(42)9-7-26(39)40)30(43)29-19(36)12-17(34)13-23(29)48-32/h2-5,10-13,24,31-36H,6-9,14H2,1H3,(H,37,38)(H,39,40)/t24-,31-,32-,33-/m0/s1. The Morgan fingerprint density at radius 3 is 2.06 bits per heavy atom. The van der Waals surface area contributed by atoms with Gasteiger partial charge in [0.05, 0.1) is 32.8 Å². The molecule has 0 aliphatic carbocycles. The van der Waals surface area contributed by atoms with Crippen LogP contribution in [0.2, 0.25) is 0 Å². The molecular formula is C33H30O16. The molecule has 0 spiro atoms. The molecule has 0 saturated carbocycles. The quantitative estimate of drug-likeness (QED) is 0.172. The lowest BCUT2D eigenvalue weighted by atomic mass is 9.92. The maximum absolute atomic E-state index is 13.6. The highest BCUT2D eigenvalue weighted by Gasteiger charge is 2.44. The van der Waals surface area contributed by atoms with E-state index in [9.17, 15) is 39.3 Å². The Bertz CT molecular complexity index is 1800. The van der Waals surface area contributed by atoms with Crippen LogP contribution in [0.25, 0.3) is 0 Å². The Hall–Kier alpha value is -6.19. The average molecular weight is 683 g/mol. The highest BCUT2D eigenvalue weighted by Crippen LogP contribution is 2.46. The number of carbonyl (C=O) groups is 5. The molecule has 5 N–H and O–H groups in total. The molecule has 0 unspecified atom stereocenters. The van der Waals surface area contributed by atoms with Crippen molar-refractivity contribution < 1.29 is 77.9 Å². The first-order valence-corrected chi connectivity index (χ1v) is 14.7. The summed E-state index contributed by atoms with van der Waals surface area (Å²) in [5.41, 5.74) is 0.275. The third kappa shape index (κ3) is 7.69. The number of ether oxygens (including phenoxy) is 6. The number of ketones is 1. The third-order valence-corrected chi connectivity index (χ3v) is 7.55. The average Bonchev–Trinajstić information content (AvgIpc) is 3.05. The first-order chi connectivity index (χ1) is 23.3. The van der Waals surface area contributed by atoms with Gasteiger partial charge in [0, 0.05) is 23.3 Å².